The second-order valence-corrected chi connectivity index (χ2v) is 7.44. The van der Waals surface area contributed by atoms with Crippen LogP contribution in [-0.4, -0.2) is 29.8 Å². The summed E-state index contributed by atoms with van der Waals surface area (Å²) >= 11 is 0. The van der Waals surface area contributed by atoms with Crippen molar-refractivity contribution in [1.82, 2.24) is 10.2 Å². The van der Waals surface area contributed by atoms with E-state index in [0.717, 1.165) is 18.4 Å². The predicted molar refractivity (Wildman–Crippen MR) is 107 cm³/mol. The van der Waals surface area contributed by atoms with Crippen LogP contribution in [0.5, 0.6) is 0 Å². The smallest absolute Gasteiger partial charge is 0.253 e. The van der Waals surface area contributed by atoms with Gasteiger partial charge in [0, 0.05) is 31.6 Å². The molecule has 0 bridgehead atoms. The highest BCUT2D eigenvalue weighted by molar-refractivity contribution is 5.94. The summed E-state index contributed by atoms with van der Waals surface area (Å²) in [4.78, 5) is 27.0. The van der Waals surface area contributed by atoms with Gasteiger partial charge in [0.1, 0.15) is 5.82 Å². The van der Waals surface area contributed by atoms with Crippen LogP contribution < -0.4 is 5.32 Å². The Kier molecular flexibility index (Phi) is 6.80. The van der Waals surface area contributed by atoms with Crippen LogP contribution in [-0.2, 0) is 11.3 Å². The van der Waals surface area contributed by atoms with Gasteiger partial charge in [0.15, 0.2) is 0 Å². The van der Waals surface area contributed by atoms with Crippen molar-refractivity contribution in [2.75, 3.05) is 13.1 Å². The number of hydrogen-bond acceptors (Lipinski definition) is 2. The van der Waals surface area contributed by atoms with Gasteiger partial charge in [0.25, 0.3) is 5.91 Å². The molecule has 2 atom stereocenters. The van der Waals surface area contributed by atoms with Crippen LogP contribution in [0.1, 0.15) is 42.1 Å². The van der Waals surface area contributed by atoms with E-state index >= 15 is 0 Å². The number of nitrogens with zero attached hydrogens (tertiary/aromatic N) is 1. The van der Waals surface area contributed by atoms with Gasteiger partial charge >= 0.3 is 0 Å². The molecule has 2 unspecified atom stereocenters. The van der Waals surface area contributed by atoms with E-state index in [-0.39, 0.29) is 23.5 Å². The molecule has 2 amide bonds. The highest BCUT2D eigenvalue weighted by atomic mass is 19.1. The first-order chi connectivity index (χ1) is 13.6. The lowest BCUT2D eigenvalue weighted by Crippen LogP contribution is -2.44. The zero-order valence-electron chi connectivity index (χ0n) is 16.2. The summed E-state index contributed by atoms with van der Waals surface area (Å²) in [6.07, 6.45) is 2.24. The van der Waals surface area contributed by atoms with Crippen molar-refractivity contribution in [3.63, 3.8) is 0 Å². The normalized spacial score (nSPS) is 19.3. The Labute approximate surface area is 165 Å². The molecular formula is C23H27FN2O2. The number of halogens is 1. The van der Waals surface area contributed by atoms with Crippen molar-refractivity contribution in [3.05, 3.63) is 71.5 Å². The first-order valence-electron chi connectivity index (χ1n) is 9.92. The van der Waals surface area contributed by atoms with Crippen LogP contribution >= 0.6 is 0 Å². The average Bonchev–Trinajstić information content (AvgIpc) is 2.73. The fourth-order valence-corrected chi connectivity index (χ4v) is 3.87. The molecule has 3 rings (SSSR count). The third kappa shape index (κ3) is 5.18. The van der Waals surface area contributed by atoms with E-state index in [0.29, 0.717) is 37.5 Å². The van der Waals surface area contributed by atoms with Crippen LogP contribution in [0.3, 0.4) is 0 Å². The topological polar surface area (TPSA) is 49.4 Å². The molecule has 0 radical (unpaired) electrons. The first-order valence-corrected chi connectivity index (χ1v) is 9.92. The van der Waals surface area contributed by atoms with E-state index in [4.69, 9.17) is 0 Å². The summed E-state index contributed by atoms with van der Waals surface area (Å²) in [7, 11) is 0. The number of hydrogen-bond donors (Lipinski definition) is 1. The molecule has 1 N–H and O–H groups in total. The lowest BCUT2D eigenvalue weighted by molar-refractivity contribution is -0.123. The summed E-state index contributed by atoms with van der Waals surface area (Å²) < 4.78 is 13.0. The van der Waals surface area contributed by atoms with Crippen LogP contribution in [0.2, 0.25) is 0 Å². The Morgan fingerprint density at radius 3 is 2.46 bits per heavy atom. The lowest BCUT2D eigenvalue weighted by Gasteiger charge is -2.38. The van der Waals surface area contributed by atoms with E-state index in [9.17, 15) is 14.0 Å². The Morgan fingerprint density at radius 1 is 1.07 bits per heavy atom. The van der Waals surface area contributed by atoms with Crippen molar-refractivity contribution in [1.29, 1.82) is 0 Å². The van der Waals surface area contributed by atoms with Crippen LogP contribution in [0.25, 0.3) is 0 Å². The molecule has 2 aromatic carbocycles. The second-order valence-electron chi connectivity index (χ2n) is 7.44. The number of piperidine rings is 1. The molecule has 28 heavy (non-hydrogen) atoms. The lowest BCUT2D eigenvalue weighted by atomic mass is 9.81. The molecule has 1 saturated heterocycles. The van der Waals surface area contributed by atoms with Gasteiger partial charge in [-0.1, -0.05) is 43.7 Å². The monoisotopic (exact) mass is 382 g/mol. The van der Waals surface area contributed by atoms with Gasteiger partial charge in [0.2, 0.25) is 5.91 Å². The van der Waals surface area contributed by atoms with Crippen molar-refractivity contribution >= 4 is 11.8 Å². The quantitative estimate of drug-likeness (QED) is 0.820. The number of amides is 2. The third-order valence-electron chi connectivity index (χ3n) is 5.57. The van der Waals surface area contributed by atoms with Gasteiger partial charge in [-0.3, -0.25) is 9.59 Å². The van der Waals surface area contributed by atoms with Gasteiger partial charge < -0.3 is 10.2 Å². The summed E-state index contributed by atoms with van der Waals surface area (Å²) in [5.74, 6) is 0.391. The fourth-order valence-electron chi connectivity index (χ4n) is 3.87. The van der Waals surface area contributed by atoms with Gasteiger partial charge in [-0.25, -0.2) is 4.39 Å². The molecule has 0 aliphatic carbocycles. The third-order valence-corrected chi connectivity index (χ3v) is 5.57. The molecule has 148 valence electrons. The Balaban J connectivity index is 1.51. The van der Waals surface area contributed by atoms with Crippen molar-refractivity contribution < 1.29 is 14.0 Å². The highest BCUT2D eigenvalue weighted by Crippen LogP contribution is 2.29. The molecule has 0 saturated carbocycles. The van der Waals surface area contributed by atoms with E-state index in [1.165, 1.54) is 12.1 Å². The zero-order valence-corrected chi connectivity index (χ0v) is 16.2. The van der Waals surface area contributed by atoms with Crippen LogP contribution in [0.4, 0.5) is 4.39 Å². The minimum absolute atomic E-state index is 0.00982. The van der Waals surface area contributed by atoms with E-state index in [1.807, 2.05) is 35.2 Å². The SMILES string of the molecule is CCC1CN(C(=O)c2ccccc2)CCC1CC(=O)NCc1ccc(F)cc1. The fraction of sp³-hybridized carbons (Fsp3) is 0.391. The van der Waals surface area contributed by atoms with E-state index < -0.39 is 0 Å². The maximum Gasteiger partial charge on any atom is 0.253 e. The average molecular weight is 382 g/mol. The first kappa shape index (κ1) is 20.1. The molecule has 5 heteroatoms. The van der Waals surface area contributed by atoms with Crippen molar-refractivity contribution in [2.24, 2.45) is 11.8 Å². The molecule has 1 heterocycles. The standard InChI is InChI=1S/C23H27FN2O2/c1-2-18-16-26(23(28)19-6-4-3-5-7-19)13-12-20(18)14-22(27)25-15-17-8-10-21(24)11-9-17/h3-11,18,20H,2,12-16H2,1H3,(H,25,27). The number of carbonyl (C=O) groups excluding carboxylic acids is 2. The van der Waals surface area contributed by atoms with Crippen LogP contribution in [0.15, 0.2) is 54.6 Å². The largest absolute Gasteiger partial charge is 0.352 e. The number of rotatable bonds is 6. The number of nitrogens with one attached hydrogen (secondary N) is 1. The summed E-state index contributed by atoms with van der Waals surface area (Å²) in [6.45, 7) is 3.89. The maximum atomic E-state index is 13.0. The number of likely N-dealkylation sites (tertiary alicyclic amines) is 1. The van der Waals surface area contributed by atoms with Crippen molar-refractivity contribution in [3.8, 4) is 0 Å². The maximum absolute atomic E-state index is 13.0. The van der Waals surface area contributed by atoms with Gasteiger partial charge in [0.05, 0.1) is 0 Å². The number of carbonyl (C=O) groups is 2. The molecule has 1 aliphatic heterocycles. The minimum Gasteiger partial charge on any atom is -0.352 e. The van der Waals surface area contributed by atoms with E-state index in [1.54, 1.807) is 12.1 Å². The van der Waals surface area contributed by atoms with E-state index in [2.05, 4.69) is 12.2 Å². The Hall–Kier alpha value is -2.69. The van der Waals surface area contributed by atoms with Crippen LogP contribution in [0, 0.1) is 17.7 Å². The molecule has 4 nitrogen and oxygen atoms in total. The molecule has 0 spiro atoms. The summed E-state index contributed by atoms with van der Waals surface area (Å²) in [6, 6.07) is 15.5. The molecule has 0 aromatic heterocycles. The van der Waals surface area contributed by atoms with Crippen molar-refractivity contribution in [2.45, 2.75) is 32.7 Å². The molecule has 1 aliphatic rings. The number of benzene rings is 2. The Bertz CT molecular complexity index is 792. The predicted octanol–water partition coefficient (Wildman–Crippen LogP) is 4.02. The molecule has 2 aromatic rings. The zero-order chi connectivity index (χ0) is 19.9. The summed E-state index contributed by atoms with van der Waals surface area (Å²) in [5.41, 5.74) is 1.60. The Morgan fingerprint density at radius 2 is 1.79 bits per heavy atom. The summed E-state index contributed by atoms with van der Waals surface area (Å²) in [5, 5.41) is 2.93. The minimum atomic E-state index is -0.280. The second kappa shape index (κ2) is 9.49. The molecular weight excluding hydrogens is 355 g/mol. The van der Waals surface area contributed by atoms with Gasteiger partial charge in [-0.2, -0.15) is 0 Å². The molecule has 1 fully saturated rings. The highest BCUT2D eigenvalue weighted by Gasteiger charge is 2.31. The van der Waals surface area contributed by atoms with Gasteiger partial charge in [-0.15, -0.1) is 0 Å². The van der Waals surface area contributed by atoms with Gasteiger partial charge in [-0.05, 0) is 48.1 Å².